The molecular weight excluding hydrogens is 219 g/mol. The normalized spacial score (nSPS) is 24.1. The zero-order valence-corrected chi connectivity index (χ0v) is 10.5. The summed E-state index contributed by atoms with van der Waals surface area (Å²) in [5.41, 5.74) is 0.0937. The first-order chi connectivity index (χ1) is 7.75. The Morgan fingerprint density at radius 1 is 1.19 bits per heavy atom. The largest absolute Gasteiger partial charge is 0.327 e. The Kier molecular flexibility index (Phi) is 2.75. The fourth-order valence-corrected chi connectivity index (χ4v) is 3.21. The van der Waals surface area contributed by atoms with Crippen LogP contribution in [0.15, 0.2) is 30.3 Å². The van der Waals surface area contributed by atoms with Crippen LogP contribution in [-0.4, -0.2) is 11.7 Å². The van der Waals surface area contributed by atoms with Gasteiger partial charge in [0.15, 0.2) is 0 Å². The second-order valence-electron chi connectivity index (χ2n) is 4.94. The first kappa shape index (κ1) is 10.7. The van der Waals surface area contributed by atoms with Gasteiger partial charge in [0.05, 0.1) is 11.7 Å². The lowest BCUT2D eigenvalue weighted by Crippen LogP contribution is -2.13. The highest BCUT2D eigenvalue weighted by atomic mass is 31.2. The van der Waals surface area contributed by atoms with E-state index in [2.05, 4.69) is 31.2 Å². The molecule has 2 aliphatic carbocycles. The zero-order chi connectivity index (χ0) is 11.0. The molecule has 3 rings (SSSR count). The van der Waals surface area contributed by atoms with Gasteiger partial charge in [0.2, 0.25) is 8.38 Å². The Bertz CT molecular complexity index is 357. The molecule has 1 unspecified atom stereocenters. The van der Waals surface area contributed by atoms with Gasteiger partial charge in [0.1, 0.15) is 0 Å². The fraction of sp³-hybridized carbons (Fsp3) is 0.538. The van der Waals surface area contributed by atoms with Crippen LogP contribution < -0.4 is 5.30 Å². The van der Waals surface area contributed by atoms with Crippen LogP contribution in [0.3, 0.4) is 0 Å². The highest BCUT2D eigenvalue weighted by Crippen LogP contribution is 2.53. The molecule has 1 aromatic rings. The van der Waals surface area contributed by atoms with Crippen LogP contribution in [0.25, 0.3) is 0 Å². The maximum Gasteiger partial charge on any atom is 0.205 e. The number of hydrogen-bond donors (Lipinski definition) is 0. The molecule has 2 saturated carbocycles. The smallest absolute Gasteiger partial charge is 0.205 e. The summed E-state index contributed by atoms with van der Waals surface area (Å²) in [4.78, 5) is 0. The molecule has 0 bridgehead atoms. The van der Waals surface area contributed by atoms with E-state index in [9.17, 15) is 0 Å². The maximum atomic E-state index is 6.13. The molecule has 0 aromatic heterocycles. The highest BCUT2D eigenvalue weighted by molar-refractivity contribution is 7.56. The summed E-state index contributed by atoms with van der Waals surface area (Å²) < 4.78 is 12.1. The standard InChI is InChI=1S/C13H17O2P/c1-13(9-10-13)15-16(14-11-7-8-11)12-5-3-2-4-6-12/h2-6,11H,7-10H2,1H3. The Morgan fingerprint density at radius 2 is 1.88 bits per heavy atom. The van der Waals surface area contributed by atoms with Crippen molar-refractivity contribution in [2.75, 3.05) is 0 Å². The van der Waals surface area contributed by atoms with Crippen molar-refractivity contribution in [1.82, 2.24) is 0 Å². The zero-order valence-electron chi connectivity index (χ0n) is 9.56. The first-order valence-electron chi connectivity index (χ1n) is 5.96. The van der Waals surface area contributed by atoms with E-state index in [-0.39, 0.29) is 5.60 Å². The third-order valence-corrected chi connectivity index (χ3v) is 4.81. The Labute approximate surface area is 97.9 Å². The molecule has 0 spiro atoms. The molecule has 2 nitrogen and oxygen atoms in total. The summed E-state index contributed by atoms with van der Waals surface area (Å²) >= 11 is 0. The molecule has 3 heteroatoms. The number of hydrogen-bond acceptors (Lipinski definition) is 2. The molecule has 0 amide bonds. The minimum Gasteiger partial charge on any atom is -0.327 e. The predicted molar refractivity (Wildman–Crippen MR) is 65.8 cm³/mol. The van der Waals surface area contributed by atoms with Crippen LogP contribution >= 0.6 is 8.38 Å². The van der Waals surface area contributed by atoms with Gasteiger partial charge < -0.3 is 9.05 Å². The molecule has 16 heavy (non-hydrogen) atoms. The van der Waals surface area contributed by atoms with Gasteiger partial charge in [-0.25, -0.2) is 0 Å². The third kappa shape index (κ3) is 2.63. The van der Waals surface area contributed by atoms with Crippen molar-refractivity contribution in [2.45, 2.75) is 44.3 Å². The molecule has 2 fully saturated rings. The van der Waals surface area contributed by atoms with E-state index < -0.39 is 8.38 Å². The van der Waals surface area contributed by atoms with Crippen molar-refractivity contribution >= 4 is 13.7 Å². The molecule has 0 heterocycles. The van der Waals surface area contributed by atoms with Crippen molar-refractivity contribution in [2.24, 2.45) is 0 Å². The predicted octanol–water partition coefficient (Wildman–Crippen LogP) is 3.37. The minimum absolute atomic E-state index is 0.0937. The Hall–Kier alpha value is -0.430. The quantitative estimate of drug-likeness (QED) is 0.730. The highest BCUT2D eigenvalue weighted by Gasteiger charge is 2.43. The van der Waals surface area contributed by atoms with E-state index >= 15 is 0 Å². The fourth-order valence-electron chi connectivity index (χ4n) is 1.46. The van der Waals surface area contributed by atoms with Gasteiger partial charge in [0.25, 0.3) is 0 Å². The number of rotatable bonds is 5. The van der Waals surface area contributed by atoms with Gasteiger partial charge in [-0.1, -0.05) is 18.2 Å². The van der Waals surface area contributed by atoms with Crippen molar-refractivity contribution in [3.05, 3.63) is 30.3 Å². The lowest BCUT2D eigenvalue weighted by atomic mass is 10.4. The first-order valence-corrected chi connectivity index (χ1v) is 7.14. The summed E-state index contributed by atoms with van der Waals surface area (Å²) in [7, 11) is -0.858. The van der Waals surface area contributed by atoms with Crippen molar-refractivity contribution < 1.29 is 9.05 Å². The van der Waals surface area contributed by atoms with Gasteiger partial charge in [-0.15, -0.1) is 0 Å². The maximum absolute atomic E-state index is 6.13. The Balaban J connectivity index is 1.72. The lowest BCUT2D eigenvalue weighted by Gasteiger charge is -2.21. The lowest BCUT2D eigenvalue weighted by molar-refractivity contribution is 0.177. The molecule has 86 valence electrons. The minimum atomic E-state index is -0.858. The molecule has 0 N–H and O–H groups in total. The molecule has 1 aromatic carbocycles. The van der Waals surface area contributed by atoms with Crippen LogP contribution in [0, 0.1) is 0 Å². The SMILES string of the molecule is CC1(OP(OC2CC2)c2ccccc2)CC1. The van der Waals surface area contributed by atoms with E-state index in [4.69, 9.17) is 9.05 Å². The van der Waals surface area contributed by atoms with Gasteiger partial charge in [0, 0.05) is 5.30 Å². The van der Waals surface area contributed by atoms with E-state index in [0.717, 1.165) is 0 Å². The molecular formula is C13H17O2P. The van der Waals surface area contributed by atoms with Crippen LogP contribution in [0.5, 0.6) is 0 Å². The summed E-state index contributed by atoms with van der Waals surface area (Å²) in [6.07, 6.45) is 5.20. The monoisotopic (exact) mass is 236 g/mol. The van der Waals surface area contributed by atoms with Gasteiger partial charge in [-0.2, -0.15) is 0 Å². The van der Waals surface area contributed by atoms with Crippen LogP contribution in [0.1, 0.15) is 32.6 Å². The van der Waals surface area contributed by atoms with E-state index in [0.29, 0.717) is 6.10 Å². The van der Waals surface area contributed by atoms with Crippen LogP contribution in [-0.2, 0) is 9.05 Å². The van der Waals surface area contributed by atoms with E-state index in [1.807, 2.05) is 6.07 Å². The molecule has 0 aliphatic heterocycles. The average molecular weight is 236 g/mol. The average Bonchev–Trinajstić information content (AvgIpc) is 3.19. The van der Waals surface area contributed by atoms with Crippen LogP contribution in [0.4, 0.5) is 0 Å². The van der Waals surface area contributed by atoms with E-state index in [1.54, 1.807) is 0 Å². The summed E-state index contributed by atoms with van der Waals surface area (Å²) in [5, 5.41) is 1.21. The summed E-state index contributed by atoms with van der Waals surface area (Å²) in [5.74, 6) is 0. The molecule has 0 saturated heterocycles. The van der Waals surface area contributed by atoms with Crippen molar-refractivity contribution in [1.29, 1.82) is 0 Å². The van der Waals surface area contributed by atoms with Crippen molar-refractivity contribution in [3.63, 3.8) is 0 Å². The van der Waals surface area contributed by atoms with Crippen molar-refractivity contribution in [3.8, 4) is 0 Å². The topological polar surface area (TPSA) is 18.5 Å². The summed E-state index contributed by atoms with van der Waals surface area (Å²) in [6.45, 7) is 2.18. The molecule has 2 aliphatic rings. The van der Waals surface area contributed by atoms with Gasteiger partial charge >= 0.3 is 0 Å². The second kappa shape index (κ2) is 4.10. The summed E-state index contributed by atoms with van der Waals surface area (Å²) in [6, 6.07) is 10.4. The van der Waals surface area contributed by atoms with Crippen LogP contribution in [0.2, 0.25) is 0 Å². The molecule has 0 radical (unpaired) electrons. The van der Waals surface area contributed by atoms with E-state index in [1.165, 1.54) is 31.0 Å². The molecule has 1 atom stereocenters. The third-order valence-electron chi connectivity index (χ3n) is 2.99. The second-order valence-corrected chi connectivity index (χ2v) is 6.36. The number of benzene rings is 1. The Morgan fingerprint density at radius 3 is 2.44 bits per heavy atom. The van der Waals surface area contributed by atoms with Gasteiger partial charge in [-0.3, -0.25) is 0 Å². The van der Waals surface area contributed by atoms with Gasteiger partial charge in [-0.05, 0) is 44.7 Å².